The van der Waals surface area contributed by atoms with E-state index in [2.05, 4.69) is 41.5 Å². The number of hydrogen-bond donors (Lipinski definition) is 4. The predicted molar refractivity (Wildman–Crippen MR) is 218 cm³/mol. The Morgan fingerprint density at radius 3 is 1.26 bits per heavy atom. The number of carboxylic acids is 2. The molecule has 0 heterocycles. The van der Waals surface area contributed by atoms with Gasteiger partial charge >= 0.3 is 23.1 Å². The van der Waals surface area contributed by atoms with Gasteiger partial charge in [0.25, 0.3) is 0 Å². The van der Waals surface area contributed by atoms with Crippen LogP contribution in [0.25, 0.3) is 0 Å². The molecule has 8 rings (SSSR count). The van der Waals surface area contributed by atoms with Crippen molar-refractivity contribution >= 4 is 35.0 Å². The summed E-state index contributed by atoms with van der Waals surface area (Å²) in [4.78, 5) is 21.9. The van der Waals surface area contributed by atoms with Crippen LogP contribution in [0.4, 0.5) is 0 Å². The Hall–Kier alpha value is -0.454. The molecule has 0 aliphatic heterocycles. The molecule has 0 aromatic heterocycles. The first-order valence-electron chi connectivity index (χ1n) is 23.5. The monoisotopic (exact) mass is 807 g/mol. The Kier molecular flexibility index (Phi) is 14.0. The van der Waals surface area contributed by atoms with Crippen molar-refractivity contribution in [1.82, 2.24) is 0 Å². The second-order valence-corrected chi connectivity index (χ2v) is 22.5. The van der Waals surface area contributed by atoms with Gasteiger partial charge in [-0.05, 0) is 221 Å². The molecule has 0 saturated heterocycles. The van der Waals surface area contributed by atoms with Gasteiger partial charge in [-0.15, -0.1) is 0 Å². The molecule has 57 heavy (non-hydrogen) atoms. The zero-order valence-corrected chi connectivity index (χ0v) is 37.9. The van der Waals surface area contributed by atoms with Crippen LogP contribution in [0.5, 0.6) is 0 Å². The molecule has 8 nitrogen and oxygen atoms in total. The van der Waals surface area contributed by atoms with Crippen LogP contribution in [0.1, 0.15) is 170 Å². The van der Waals surface area contributed by atoms with Gasteiger partial charge in [0.2, 0.25) is 0 Å². The van der Waals surface area contributed by atoms with Crippen LogP contribution in [-0.2, 0) is 9.59 Å². The molecule has 8 aliphatic rings. The molecule has 8 saturated carbocycles. The van der Waals surface area contributed by atoms with Crippen molar-refractivity contribution in [1.29, 1.82) is 0 Å². The molecule has 9 heteroatoms. The molecule has 320 valence electrons. The predicted octanol–water partition coefficient (Wildman–Crippen LogP) is 5.91. The Balaban J connectivity index is 0.000000189. The van der Waals surface area contributed by atoms with Gasteiger partial charge in [-0.1, -0.05) is 41.5 Å². The third-order valence-electron chi connectivity index (χ3n) is 20.6. The topological polar surface area (TPSA) is 161 Å². The minimum atomic E-state index is -0.957. The van der Waals surface area contributed by atoms with Crippen LogP contribution in [-0.4, -0.2) is 79.8 Å². The number of aliphatic hydroxyl groups excluding tert-OH is 4. The summed E-state index contributed by atoms with van der Waals surface area (Å²) in [7, 11) is 0. The maximum atomic E-state index is 11.5. The summed E-state index contributed by atoms with van der Waals surface area (Å²) in [6, 6.07) is 0. The summed E-state index contributed by atoms with van der Waals surface area (Å²) < 4.78 is 0. The van der Waals surface area contributed by atoms with Crippen molar-refractivity contribution in [3.63, 3.8) is 0 Å². The molecule has 0 spiro atoms. The second kappa shape index (κ2) is 17.4. The van der Waals surface area contributed by atoms with Crippen LogP contribution in [0.15, 0.2) is 0 Å². The van der Waals surface area contributed by atoms with E-state index in [1.165, 1.54) is 38.5 Å². The van der Waals surface area contributed by atoms with Gasteiger partial charge < -0.3 is 40.2 Å². The zero-order chi connectivity index (χ0) is 40.5. The smallest absolute Gasteiger partial charge is 0.550 e. The van der Waals surface area contributed by atoms with Gasteiger partial charge in [0.15, 0.2) is 0 Å². The number of aliphatic hydroxyl groups is 4. The van der Waals surface area contributed by atoms with E-state index in [9.17, 15) is 40.2 Å². The Morgan fingerprint density at radius 2 is 0.912 bits per heavy atom. The van der Waals surface area contributed by atoms with E-state index in [4.69, 9.17) is 0 Å². The fraction of sp³-hybridized carbons (Fsp3) is 0.958. The summed E-state index contributed by atoms with van der Waals surface area (Å²) in [6.45, 7) is 13.9. The summed E-state index contributed by atoms with van der Waals surface area (Å²) >= 11 is 0. The Labute approximate surface area is 360 Å². The Morgan fingerprint density at radius 1 is 0.544 bits per heavy atom. The number of hydrogen-bond acceptors (Lipinski definition) is 8. The number of aliphatic carboxylic acids is 2. The quantitative estimate of drug-likeness (QED) is 0.221. The molecule has 8 fully saturated rings. The van der Waals surface area contributed by atoms with Crippen molar-refractivity contribution in [2.45, 2.75) is 194 Å². The SMILES string of the molecule is CC(CCC(=O)[O-])[C@H]1CC[C@H]2[C@@H]3CC[C@@H]4C[C@H](O)CC[C@]4(C)[C@H]3C[C@H](O)[C@]12C.CC(CCC(=O)[O-])[C@H]1CC[C@H]2[C@@H]3CC[C@@H]4C[C@H](O)CC[C@]4(C)[C@H]3C[C@H](O)[C@]12C.[Mg+2]. The van der Waals surface area contributed by atoms with Crippen LogP contribution in [0, 0.1) is 92.7 Å². The van der Waals surface area contributed by atoms with Gasteiger partial charge in [-0.25, -0.2) is 0 Å². The average molecular weight is 807 g/mol. The standard InChI is InChI=1S/2C24H40O4.Mg/c2*1-14(4-9-22(27)28)18-7-8-19-17-6-5-15-12-16(25)10-11-23(15,2)20(17)13-21(26)24(18,19)3;/h2*14-21,25-26H,4-13H2,1-3H3,(H,27,28);/q;;+2/p-2/t2*14?,15-,16-,17+,18-,19+,20+,21+,23+,24-;/m11./s1. The average Bonchev–Trinajstić information content (AvgIpc) is 3.70. The number of carbonyl (C=O) groups is 2. The molecule has 4 N–H and O–H groups in total. The molecule has 8 aliphatic carbocycles. The van der Waals surface area contributed by atoms with Gasteiger partial charge in [0, 0.05) is 11.9 Å². The second-order valence-electron chi connectivity index (χ2n) is 22.5. The molecular weight excluding hydrogens is 729 g/mol. The fourth-order valence-corrected chi connectivity index (χ4v) is 17.4. The van der Waals surface area contributed by atoms with Crippen molar-refractivity contribution < 1.29 is 40.2 Å². The van der Waals surface area contributed by atoms with E-state index in [0.29, 0.717) is 83.9 Å². The molecule has 0 aromatic rings. The number of rotatable bonds is 8. The number of carboxylic acid groups (broad SMARTS) is 2. The van der Waals surface area contributed by atoms with E-state index in [1.54, 1.807) is 0 Å². The fourth-order valence-electron chi connectivity index (χ4n) is 17.4. The van der Waals surface area contributed by atoms with Crippen LogP contribution < -0.4 is 10.2 Å². The molecule has 20 atom stereocenters. The summed E-state index contributed by atoms with van der Waals surface area (Å²) in [5.41, 5.74) is 0.375. The van der Waals surface area contributed by atoms with E-state index < -0.39 is 11.9 Å². The number of fused-ring (bicyclic) bond motifs is 10. The Bertz CT molecular complexity index is 1320. The molecular formula is C48H78MgO8. The summed E-state index contributed by atoms with van der Waals surface area (Å²) in [5, 5.41) is 65.2. The van der Waals surface area contributed by atoms with Crippen molar-refractivity contribution in [3.8, 4) is 0 Å². The van der Waals surface area contributed by atoms with Crippen molar-refractivity contribution in [2.24, 2.45) is 92.7 Å². The van der Waals surface area contributed by atoms with E-state index in [1.807, 2.05) is 0 Å². The van der Waals surface area contributed by atoms with E-state index >= 15 is 0 Å². The maximum absolute atomic E-state index is 11.5. The molecule has 0 bridgehead atoms. The van der Waals surface area contributed by atoms with E-state index in [0.717, 1.165) is 64.2 Å². The molecule has 0 radical (unpaired) electrons. The molecule has 2 unspecified atom stereocenters. The minimum Gasteiger partial charge on any atom is -0.550 e. The largest absolute Gasteiger partial charge is 2.00 e. The first kappa shape index (κ1) is 46.1. The van der Waals surface area contributed by atoms with Gasteiger partial charge in [0.05, 0.1) is 24.4 Å². The van der Waals surface area contributed by atoms with Gasteiger partial charge in [-0.3, -0.25) is 0 Å². The van der Waals surface area contributed by atoms with E-state index in [-0.39, 0.29) is 82.0 Å². The third-order valence-corrected chi connectivity index (χ3v) is 20.6. The molecule has 0 aromatic carbocycles. The van der Waals surface area contributed by atoms with Gasteiger partial charge in [0.1, 0.15) is 0 Å². The van der Waals surface area contributed by atoms with Gasteiger partial charge in [-0.2, -0.15) is 0 Å². The summed E-state index contributed by atoms with van der Waals surface area (Å²) in [6.07, 6.45) is 18.0. The molecule has 0 amide bonds. The number of carbonyl (C=O) groups excluding carboxylic acids is 2. The van der Waals surface area contributed by atoms with Crippen molar-refractivity contribution in [3.05, 3.63) is 0 Å². The van der Waals surface area contributed by atoms with Crippen LogP contribution in [0.2, 0.25) is 0 Å². The maximum Gasteiger partial charge on any atom is 2.00 e. The zero-order valence-electron chi connectivity index (χ0n) is 36.5. The first-order chi connectivity index (χ1) is 26.3. The normalized spacial score (nSPS) is 50.8. The van der Waals surface area contributed by atoms with Crippen molar-refractivity contribution in [2.75, 3.05) is 0 Å². The third kappa shape index (κ3) is 7.95. The first-order valence-corrected chi connectivity index (χ1v) is 23.5. The van der Waals surface area contributed by atoms with Crippen LogP contribution in [0.3, 0.4) is 0 Å². The minimum absolute atomic E-state index is 0. The van der Waals surface area contributed by atoms with Crippen LogP contribution >= 0.6 is 0 Å². The summed E-state index contributed by atoms with van der Waals surface area (Å²) in [5.74, 6) is 4.37.